The summed E-state index contributed by atoms with van der Waals surface area (Å²) in [5.41, 5.74) is 1.01. The number of nitrogens with zero attached hydrogens (tertiary/aromatic N) is 1. The molecule has 1 atom stereocenters. The Morgan fingerprint density at radius 1 is 1.50 bits per heavy atom. The van der Waals surface area contributed by atoms with Gasteiger partial charge in [0, 0.05) is 5.82 Å². The van der Waals surface area contributed by atoms with E-state index in [1.165, 1.54) is 0 Å². The van der Waals surface area contributed by atoms with Crippen molar-refractivity contribution < 1.29 is 9.09 Å². The molecule has 1 unspecified atom stereocenters. The third-order valence-corrected chi connectivity index (χ3v) is 3.88. The summed E-state index contributed by atoms with van der Waals surface area (Å²) in [5, 5.41) is 0. The largest absolute Gasteiger partial charge is 0.315 e. The van der Waals surface area contributed by atoms with E-state index in [1.54, 1.807) is 24.6 Å². The van der Waals surface area contributed by atoms with Gasteiger partial charge >= 0.3 is 0 Å². The van der Waals surface area contributed by atoms with Gasteiger partial charge in [0.05, 0.1) is 6.61 Å². The van der Waals surface area contributed by atoms with Crippen LogP contribution in [0, 0.1) is 0 Å². The van der Waals surface area contributed by atoms with Crippen LogP contribution in [0.1, 0.15) is 20.8 Å². The van der Waals surface area contributed by atoms with E-state index in [4.69, 9.17) is 4.52 Å². The second-order valence-electron chi connectivity index (χ2n) is 3.04. The summed E-state index contributed by atoms with van der Waals surface area (Å²) in [6.45, 7) is 6.14. The van der Waals surface area contributed by atoms with Crippen LogP contribution in [0.3, 0.4) is 0 Å². The van der Waals surface area contributed by atoms with Crippen molar-refractivity contribution in [3.05, 3.63) is 11.4 Å². The predicted octanol–water partition coefficient (Wildman–Crippen LogP) is 2.70. The van der Waals surface area contributed by atoms with E-state index in [1.807, 2.05) is 20.8 Å². The van der Waals surface area contributed by atoms with Gasteiger partial charge in [-0.25, -0.2) is 4.67 Å². The summed E-state index contributed by atoms with van der Waals surface area (Å²) in [6, 6.07) is 0. The molecule has 3 nitrogen and oxygen atoms in total. The van der Waals surface area contributed by atoms with Gasteiger partial charge in [-0.3, -0.25) is 4.57 Å². The zero-order valence-corrected chi connectivity index (χ0v) is 9.39. The highest BCUT2D eigenvalue weighted by Gasteiger charge is 2.21. The van der Waals surface area contributed by atoms with Crippen LogP contribution < -0.4 is 0 Å². The van der Waals surface area contributed by atoms with Crippen molar-refractivity contribution in [1.82, 2.24) is 4.67 Å². The highest BCUT2D eigenvalue weighted by Crippen LogP contribution is 2.50. The van der Waals surface area contributed by atoms with Gasteiger partial charge in [0.25, 0.3) is 7.52 Å². The van der Waals surface area contributed by atoms with Crippen LogP contribution in [0.15, 0.2) is 11.4 Å². The van der Waals surface area contributed by atoms with Crippen LogP contribution >= 0.6 is 7.52 Å². The molecule has 0 aromatic rings. The van der Waals surface area contributed by atoms with Gasteiger partial charge in [0.15, 0.2) is 0 Å². The van der Waals surface area contributed by atoms with Gasteiger partial charge in [0.1, 0.15) is 0 Å². The molecule has 0 spiro atoms. The molecule has 0 saturated carbocycles. The first kappa shape index (κ1) is 11.9. The van der Waals surface area contributed by atoms with Gasteiger partial charge < -0.3 is 4.52 Å². The fourth-order valence-electron chi connectivity index (χ4n) is 0.779. The Labute approximate surface area is 74.9 Å². The molecule has 0 aromatic carbocycles. The number of hydrogen-bond acceptors (Lipinski definition) is 2. The average Bonchev–Trinajstić information content (AvgIpc) is 1.85. The third kappa shape index (κ3) is 3.53. The third-order valence-electron chi connectivity index (χ3n) is 1.29. The summed E-state index contributed by atoms with van der Waals surface area (Å²) in [6.07, 6.45) is 0. The molecule has 0 radical (unpaired) electrons. The second-order valence-corrected chi connectivity index (χ2v) is 5.48. The molecule has 0 rings (SSSR count). The Kier molecular flexibility index (Phi) is 4.76. The Morgan fingerprint density at radius 2 is 2.00 bits per heavy atom. The molecule has 0 bridgehead atoms. The molecule has 0 N–H and O–H groups in total. The Balaban J connectivity index is 4.64. The molecular weight excluding hydrogens is 173 g/mol. The maximum Gasteiger partial charge on any atom is 0.294 e. The first-order valence-electron chi connectivity index (χ1n) is 4.00. The number of hydrogen-bond donors (Lipinski definition) is 0. The molecule has 0 fully saturated rings. The van der Waals surface area contributed by atoms with E-state index in [2.05, 4.69) is 0 Å². The quantitative estimate of drug-likeness (QED) is 0.640. The minimum Gasteiger partial charge on any atom is -0.315 e. The van der Waals surface area contributed by atoms with Crippen molar-refractivity contribution in [2.24, 2.45) is 0 Å². The zero-order valence-electron chi connectivity index (χ0n) is 8.50. The number of allylic oxidation sites excluding steroid dienone is 1. The van der Waals surface area contributed by atoms with E-state index in [-0.39, 0.29) is 0 Å². The SMILES string of the molecule is CCOP(=O)(C=C(C)C)N(C)C. The molecule has 0 amide bonds. The van der Waals surface area contributed by atoms with Crippen molar-refractivity contribution in [2.75, 3.05) is 20.7 Å². The highest BCUT2D eigenvalue weighted by molar-refractivity contribution is 7.59. The molecule has 4 heteroatoms. The maximum atomic E-state index is 12.0. The van der Waals surface area contributed by atoms with Crippen LogP contribution in [0.5, 0.6) is 0 Å². The molecule has 0 heterocycles. The zero-order chi connectivity index (χ0) is 9.78. The summed E-state index contributed by atoms with van der Waals surface area (Å²) < 4.78 is 18.8. The monoisotopic (exact) mass is 191 g/mol. The van der Waals surface area contributed by atoms with Crippen LogP contribution in [-0.2, 0) is 9.09 Å². The molecular formula is C8H18NO2P. The average molecular weight is 191 g/mol. The lowest BCUT2D eigenvalue weighted by Gasteiger charge is -2.21. The Bertz CT molecular complexity index is 207. The van der Waals surface area contributed by atoms with E-state index >= 15 is 0 Å². The first-order chi connectivity index (χ1) is 5.42. The highest BCUT2D eigenvalue weighted by atomic mass is 31.2. The fraction of sp³-hybridized carbons (Fsp3) is 0.750. The molecule has 0 aliphatic carbocycles. The summed E-state index contributed by atoms with van der Waals surface area (Å²) in [5.74, 6) is 1.69. The standard InChI is InChI=1S/C8H18NO2P/c1-6-11-12(10,9(4)5)7-8(2)3/h7H,6H2,1-5H3. The summed E-state index contributed by atoms with van der Waals surface area (Å²) in [7, 11) is 0.843. The molecule has 72 valence electrons. The first-order valence-corrected chi connectivity index (χ1v) is 5.65. The smallest absolute Gasteiger partial charge is 0.294 e. The Morgan fingerprint density at radius 3 is 2.25 bits per heavy atom. The van der Waals surface area contributed by atoms with Crippen molar-refractivity contribution in [2.45, 2.75) is 20.8 Å². The van der Waals surface area contributed by atoms with Crippen molar-refractivity contribution in [3.8, 4) is 0 Å². The lowest BCUT2D eigenvalue weighted by atomic mass is 10.4. The van der Waals surface area contributed by atoms with Crippen molar-refractivity contribution in [3.63, 3.8) is 0 Å². The van der Waals surface area contributed by atoms with Crippen LogP contribution in [-0.4, -0.2) is 25.4 Å². The van der Waals surface area contributed by atoms with Gasteiger partial charge in [-0.15, -0.1) is 0 Å². The normalized spacial score (nSPS) is 15.8. The maximum absolute atomic E-state index is 12.0. The van der Waals surface area contributed by atoms with Crippen LogP contribution in [0.25, 0.3) is 0 Å². The van der Waals surface area contributed by atoms with Gasteiger partial charge in [0.2, 0.25) is 0 Å². The summed E-state index contributed by atoms with van der Waals surface area (Å²) >= 11 is 0. The minimum atomic E-state index is -2.68. The molecule has 0 aliphatic rings. The van der Waals surface area contributed by atoms with E-state index in [0.29, 0.717) is 6.61 Å². The van der Waals surface area contributed by atoms with Crippen LogP contribution in [0.2, 0.25) is 0 Å². The van der Waals surface area contributed by atoms with Gasteiger partial charge in [-0.1, -0.05) is 5.57 Å². The van der Waals surface area contributed by atoms with Crippen molar-refractivity contribution >= 4 is 7.52 Å². The predicted molar refractivity (Wildman–Crippen MR) is 52.4 cm³/mol. The molecule has 0 aromatic heterocycles. The lowest BCUT2D eigenvalue weighted by molar-refractivity contribution is 0.305. The Hall–Kier alpha value is -0.110. The van der Waals surface area contributed by atoms with Crippen molar-refractivity contribution in [1.29, 1.82) is 0 Å². The van der Waals surface area contributed by atoms with Gasteiger partial charge in [-0.05, 0) is 34.9 Å². The van der Waals surface area contributed by atoms with E-state index < -0.39 is 7.52 Å². The minimum absolute atomic E-state index is 0.471. The second kappa shape index (κ2) is 4.80. The van der Waals surface area contributed by atoms with Crippen LogP contribution in [0.4, 0.5) is 0 Å². The molecule has 0 aliphatic heterocycles. The molecule has 0 saturated heterocycles. The topological polar surface area (TPSA) is 29.5 Å². The van der Waals surface area contributed by atoms with E-state index in [9.17, 15) is 4.57 Å². The number of rotatable bonds is 4. The fourth-order valence-corrected chi connectivity index (χ4v) is 2.34. The lowest BCUT2D eigenvalue weighted by Crippen LogP contribution is -2.09. The molecule has 12 heavy (non-hydrogen) atoms. The van der Waals surface area contributed by atoms with E-state index in [0.717, 1.165) is 5.57 Å². The summed E-state index contributed by atoms with van der Waals surface area (Å²) in [4.78, 5) is 0. The van der Waals surface area contributed by atoms with Gasteiger partial charge in [-0.2, -0.15) is 0 Å².